The number of benzene rings is 1. The number of ketones is 1. The van der Waals surface area contributed by atoms with Crippen molar-refractivity contribution in [1.82, 2.24) is 0 Å². The van der Waals surface area contributed by atoms with Crippen molar-refractivity contribution >= 4 is 39.7 Å². The van der Waals surface area contributed by atoms with Crippen LogP contribution in [0, 0.1) is 14.5 Å². The Morgan fingerprint density at radius 1 is 1.25 bits per heavy atom. The first-order chi connectivity index (χ1) is 7.58. The maximum Gasteiger partial charge on any atom is 0.196 e. The molecule has 1 heterocycles. The first-order valence-electron chi connectivity index (χ1n) is 4.31. The largest absolute Gasteiger partial charge is 0.288 e. The molecule has 1 aromatic heterocycles. The maximum atomic E-state index is 13.3. The molecule has 0 amide bonds. The Balaban J connectivity index is 2.41. The molecular formula is C11H5F2IOS. The van der Waals surface area contributed by atoms with Crippen molar-refractivity contribution in [2.24, 2.45) is 0 Å². The molecule has 0 aliphatic rings. The molecule has 82 valence electrons. The third-order valence-electron chi connectivity index (χ3n) is 2.01. The van der Waals surface area contributed by atoms with Gasteiger partial charge in [0, 0.05) is 17.0 Å². The minimum absolute atomic E-state index is 0.101. The molecule has 0 unspecified atom stereocenters. The Hall–Kier alpha value is -0.820. The number of hydrogen-bond acceptors (Lipinski definition) is 2. The van der Waals surface area contributed by atoms with Gasteiger partial charge in [0.2, 0.25) is 0 Å². The Kier molecular flexibility index (Phi) is 3.34. The van der Waals surface area contributed by atoms with Gasteiger partial charge in [-0.1, -0.05) is 0 Å². The Bertz CT molecular complexity index is 551. The Morgan fingerprint density at radius 2 is 2.00 bits per heavy atom. The van der Waals surface area contributed by atoms with Gasteiger partial charge in [-0.05, 0) is 40.8 Å². The third kappa shape index (κ3) is 2.30. The summed E-state index contributed by atoms with van der Waals surface area (Å²) in [7, 11) is 0. The van der Waals surface area contributed by atoms with Crippen LogP contribution >= 0.6 is 33.9 Å². The molecule has 0 fully saturated rings. The molecule has 0 atom stereocenters. The second kappa shape index (κ2) is 4.58. The van der Waals surface area contributed by atoms with Crippen LogP contribution in [-0.2, 0) is 0 Å². The summed E-state index contributed by atoms with van der Waals surface area (Å²) in [6.07, 6.45) is 0. The lowest BCUT2D eigenvalue weighted by molar-refractivity contribution is 0.103. The van der Waals surface area contributed by atoms with Gasteiger partial charge in [-0.3, -0.25) is 4.79 Å². The van der Waals surface area contributed by atoms with E-state index in [9.17, 15) is 13.6 Å². The van der Waals surface area contributed by atoms with E-state index < -0.39 is 17.4 Å². The van der Waals surface area contributed by atoms with Crippen LogP contribution in [-0.4, -0.2) is 5.78 Å². The summed E-state index contributed by atoms with van der Waals surface area (Å²) >= 11 is 3.49. The maximum absolute atomic E-state index is 13.3. The molecule has 5 heteroatoms. The number of thiophene rings is 1. The van der Waals surface area contributed by atoms with Crippen LogP contribution in [0.15, 0.2) is 29.6 Å². The van der Waals surface area contributed by atoms with Gasteiger partial charge in [0.25, 0.3) is 0 Å². The van der Waals surface area contributed by atoms with E-state index >= 15 is 0 Å². The van der Waals surface area contributed by atoms with Crippen molar-refractivity contribution < 1.29 is 13.6 Å². The fraction of sp³-hybridized carbons (Fsp3) is 0. The summed E-state index contributed by atoms with van der Waals surface area (Å²) in [5.41, 5.74) is 0.329. The van der Waals surface area contributed by atoms with E-state index in [1.165, 1.54) is 11.3 Å². The molecule has 0 aliphatic heterocycles. The minimum atomic E-state index is -0.828. The summed E-state index contributed by atoms with van der Waals surface area (Å²) in [6, 6.07) is 4.63. The van der Waals surface area contributed by atoms with Gasteiger partial charge in [-0.2, -0.15) is 0 Å². The highest BCUT2D eigenvalue weighted by Crippen LogP contribution is 2.21. The zero-order chi connectivity index (χ0) is 11.7. The number of carbonyl (C=O) groups excluding carboxylic acids is 1. The second-order valence-electron chi connectivity index (χ2n) is 3.09. The Morgan fingerprint density at radius 3 is 2.56 bits per heavy atom. The lowest BCUT2D eigenvalue weighted by Gasteiger charge is -2.00. The molecule has 0 spiro atoms. The number of rotatable bonds is 2. The van der Waals surface area contributed by atoms with E-state index in [4.69, 9.17) is 0 Å². The van der Waals surface area contributed by atoms with Gasteiger partial charge in [0.15, 0.2) is 5.78 Å². The van der Waals surface area contributed by atoms with E-state index in [1.807, 2.05) is 0 Å². The number of halogens is 3. The van der Waals surface area contributed by atoms with Crippen molar-refractivity contribution in [2.45, 2.75) is 0 Å². The second-order valence-corrected chi connectivity index (χ2v) is 5.90. The zero-order valence-electron chi connectivity index (χ0n) is 7.84. The van der Waals surface area contributed by atoms with E-state index in [-0.39, 0.29) is 5.56 Å². The molecule has 2 rings (SSSR count). The quantitative estimate of drug-likeness (QED) is 0.594. The minimum Gasteiger partial charge on any atom is -0.288 e. The van der Waals surface area contributed by atoms with Crippen molar-refractivity contribution in [1.29, 1.82) is 0 Å². The van der Waals surface area contributed by atoms with Gasteiger partial charge in [-0.25, -0.2) is 8.78 Å². The van der Waals surface area contributed by atoms with Crippen LogP contribution in [0.1, 0.15) is 15.9 Å². The predicted octanol–water partition coefficient (Wildman–Crippen LogP) is 3.86. The Labute approximate surface area is 108 Å². The summed E-state index contributed by atoms with van der Waals surface area (Å²) in [6.45, 7) is 0. The molecule has 0 bridgehead atoms. The number of hydrogen-bond donors (Lipinski definition) is 0. The normalized spacial score (nSPS) is 10.4. The first kappa shape index (κ1) is 11.7. The van der Waals surface area contributed by atoms with Crippen LogP contribution in [0.5, 0.6) is 0 Å². The van der Waals surface area contributed by atoms with Crippen LogP contribution in [0.3, 0.4) is 0 Å². The fourth-order valence-corrected chi connectivity index (χ4v) is 2.58. The predicted molar refractivity (Wildman–Crippen MR) is 66.8 cm³/mol. The summed E-state index contributed by atoms with van der Waals surface area (Å²) in [5, 5.41) is 1.66. The van der Waals surface area contributed by atoms with Gasteiger partial charge < -0.3 is 0 Å². The monoisotopic (exact) mass is 350 g/mol. The standard InChI is InChI=1S/C11H5F2IOS/c12-7-1-2-8(9(13)4-7)11(15)6-3-10(14)16-5-6/h1-5H. The molecule has 0 aliphatic carbocycles. The molecule has 16 heavy (non-hydrogen) atoms. The van der Waals surface area contributed by atoms with E-state index in [0.29, 0.717) is 11.6 Å². The first-order valence-corrected chi connectivity index (χ1v) is 6.27. The van der Waals surface area contributed by atoms with Crippen molar-refractivity contribution in [3.05, 3.63) is 55.3 Å². The molecule has 0 saturated carbocycles. The summed E-state index contributed by atoms with van der Waals surface area (Å²) < 4.78 is 26.9. The lowest BCUT2D eigenvalue weighted by atomic mass is 10.1. The lowest BCUT2D eigenvalue weighted by Crippen LogP contribution is -2.03. The van der Waals surface area contributed by atoms with Crippen LogP contribution < -0.4 is 0 Å². The SMILES string of the molecule is O=C(c1csc(I)c1)c1ccc(F)cc1F. The molecule has 0 radical (unpaired) electrons. The van der Waals surface area contributed by atoms with Crippen LogP contribution in [0.4, 0.5) is 8.78 Å². The van der Waals surface area contributed by atoms with Crippen molar-refractivity contribution in [3.8, 4) is 0 Å². The topological polar surface area (TPSA) is 17.1 Å². The summed E-state index contributed by atoms with van der Waals surface area (Å²) in [4.78, 5) is 11.8. The number of carbonyl (C=O) groups is 1. The van der Waals surface area contributed by atoms with Crippen molar-refractivity contribution in [2.75, 3.05) is 0 Å². The molecule has 0 N–H and O–H groups in total. The molecule has 2 aromatic rings. The van der Waals surface area contributed by atoms with Gasteiger partial charge in [0.1, 0.15) is 11.6 Å². The molecule has 0 saturated heterocycles. The fourth-order valence-electron chi connectivity index (χ4n) is 1.26. The van der Waals surface area contributed by atoms with E-state index in [2.05, 4.69) is 22.6 Å². The summed E-state index contributed by atoms with van der Waals surface area (Å²) in [5.74, 6) is -1.93. The van der Waals surface area contributed by atoms with Crippen molar-refractivity contribution in [3.63, 3.8) is 0 Å². The van der Waals surface area contributed by atoms with Crippen LogP contribution in [0.25, 0.3) is 0 Å². The van der Waals surface area contributed by atoms with Gasteiger partial charge >= 0.3 is 0 Å². The average molecular weight is 350 g/mol. The molecule has 1 nitrogen and oxygen atoms in total. The van der Waals surface area contributed by atoms with E-state index in [0.717, 1.165) is 15.0 Å². The third-order valence-corrected chi connectivity index (χ3v) is 3.79. The van der Waals surface area contributed by atoms with E-state index in [1.54, 1.807) is 11.4 Å². The smallest absolute Gasteiger partial charge is 0.196 e. The molecule has 1 aromatic carbocycles. The zero-order valence-corrected chi connectivity index (χ0v) is 10.8. The highest BCUT2D eigenvalue weighted by Gasteiger charge is 2.15. The average Bonchev–Trinajstić information content (AvgIpc) is 2.64. The van der Waals surface area contributed by atoms with Gasteiger partial charge in [-0.15, -0.1) is 11.3 Å². The van der Waals surface area contributed by atoms with Crippen LogP contribution in [0.2, 0.25) is 0 Å². The highest BCUT2D eigenvalue weighted by atomic mass is 127. The molecular weight excluding hydrogens is 345 g/mol. The van der Waals surface area contributed by atoms with Gasteiger partial charge in [0.05, 0.1) is 8.45 Å². The highest BCUT2D eigenvalue weighted by molar-refractivity contribution is 14.1.